The van der Waals surface area contributed by atoms with Gasteiger partial charge in [0, 0.05) is 61.3 Å². The Bertz CT molecular complexity index is 5320. The highest BCUT2D eigenvalue weighted by molar-refractivity contribution is 5.99. The molecule has 28 heteroatoms. The third-order valence-electron chi connectivity index (χ3n) is 18.5. The lowest BCUT2D eigenvalue weighted by Crippen LogP contribution is -2.08. The van der Waals surface area contributed by atoms with Gasteiger partial charge in [-0.3, -0.25) is 27.8 Å². The first-order valence-corrected chi connectivity index (χ1v) is 45.6. The average Bonchev–Trinajstić information content (AvgIpc) is 1.68. The first-order valence-electron chi connectivity index (χ1n) is 45.6. The van der Waals surface area contributed by atoms with E-state index in [4.69, 9.17) is 0 Å². The molecule has 0 radical (unpaired) electrons. The fourth-order valence-corrected chi connectivity index (χ4v) is 11.6. The third kappa shape index (κ3) is 34.6. The van der Waals surface area contributed by atoms with Gasteiger partial charge in [-0.1, -0.05) is 266 Å². The monoisotopic (exact) mass is 1750 g/mol. The number of amides is 2. The summed E-state index contributed by atoms with van der Waals surface area (Å²) in [6.07, 6.45) is 28.0. The van der Waals surface area contributed by atoms with Crippen LogP contribution in [0.2, 0.25) is 0 Å². The van der Waals surface area contributed by atoms with Crippen LogP contribution in [0.25, 0.3) is 39.4 Å². The number of hydrogen-bond donors (Lipinski definition) is 3. The normalized spacial score (nSPS) is 10.8. The fourth-order valence-electron chi connectivity index (χ4n) is 11.6. The number of aromatic nitrogens is 23. The Hall–Kier alpha value is -12.6. The molecule has 18 heterocycles. The molecule has 2 aliphatic heterocycles. The van der Waals surface area contributed by atoms with Gasteiger partial charge in [-0.2, -0.15) is 20.4 Å². The van der Waals surface area contributed by atoms with Crippen molar-refractivity contribution < 1.29 is 9.59 Å². The molecule has 18 rings (SSSR count). The van der Waals surface area contributed by atoms with Crippen LogP contribution in [0, 0.1) is 0 Å². The minimum Gasteiger partial charge on any atom is -0.324 e. The second-order valence-corrected chi connectivity index (χ2v) is 29.8. The number of H-pyrrole nitrogens is 1. The highest BCUT2D eigenvalue weighted by Gasteiger charge is 2.23. The van der Waals surface area contributed by atoms with Crippen molar-refractivity contribution in [2.75, 3.05) is 10.6 Å². The molecule has 16 aromatic rings. The number of nitrogens with zero attached hydrogens (tertiary/aromatic N) is 22. The topological polar surface area (TPSA) is 315 Å². The maximum Gasteiger partial charge on any atom is 0.347 e. The van der Waals surface area contributed by atoms with Crippen molar-refractivity contribution in [3.63, 3.8) is 0 Å². The summed E-state index contributed by atoms with van der Waals surface area (Å²) in [5.74, 6) is 5.42. The van der Waals surface area contributed by atoms with Gasteiger partial charge >= 0.3 is 5.69 Å². The quantitative estimate of drug-likeness (QED) is 0.121. The molecule has 16 aromatic heterocycles. The summed E-state index contributed by atoms with van der Waals surface area (Å²) in [5.41, 5.74) is 20.3. The van der Waals surface area contributed by atoms with Gasteiger partial charge < -0.3 is 10.6 Å². The summed E-state index contributed by atoms with van der Waals surface area (Å²) in [7, 11) is 0. The highest BCUT2D eigenvalue weighted by Crippen LogP contribution is 2.31. The van der Waals surface area contributed by atoms with Crippen molar-refractivity contribution in [1.82, 2.24) is 112 Å². The lowest BCUT2D eigenvalue weighted by molar-refractivity contribution is -0.115. The molecule has 3 N–H and O–H groups in total. The number of fused-ring (bicyclic) bond motifs is 9. The number of hydrogen-bond acceptors (Lipinski definition) is 18. The highest BCUT2D eigenvalue weighted by atomic mass is 16.2. The van der Waals surface area contributed by atoms with Crippen LogP contribution in [0.3, 0.4) is 0 Å². The van der Waals surface area contributed by atoms with E-state index in [1.165, 1.54) is 54.5 Å². The number of carbonyl (C=O) groups is 2. The Morgan fingerprint density at radius 1 is 0.359 bits per heavy atom. The third-order valence-corrected chi connectivity index (χ3v) is 18.5. The van der Waals surface area contributed by atoms with E-state index < -0.39 is 0 Å². The van der Waals surface area contributed by atoms with E-state index in [1.807, 2.05) is 193 Å². The van der Waals surface area contributed by atoms with Crippen molar-refractivity contribution in [3.8, 4) is 0 Å². The summed E-state index contributed by atoms with van der Waals surface area (Å²) in [4.78, 5) is 54.0. The van der Waals surface area contributed by atoms with Gasteiger partial charge in [0.1, 0.15) is 37.5 Å². The van der Waals surface area contributed by atoms with E-state index in [9.17, 15) is 14.4 Å². The SMILES string of the molecule is C.CC.CC.CC.CC.CC.CC.CC.CC.CC(C)c1ccc2ncnn2c1.CC(C)c1ccc2nncn2c1.CC(C)c1cccn2ncnc12.CC(C)c1ccn2c(=O)[nH]nc2c1.CC(C)c1ccn2cnnc2c1.CC(C)c1ccn2ncnc2c1.CC(C)c1ccn2nncc2c1.CC(C)c1ccnc2c1NC(=O)C2.CC(C)c1cnc2c(c1)CC(=O)N2. The number of carbonyl (C=O) groups excluding carboxylic acids is 2. The predicted octanol–water partition coefficient (Wildman–Crippen LogP) is 24.5. The Kier molecular flexibility index (Phi) is 54.0. The zero-order chi connectivity index (χ0) is 95.6. The van der Waals surface area contributed by atoms with Crippen molar-refractivity contribution in [3.05, 3.63) is 262 Å². The molecule has 0 saturated heterocycles. The molecule has 0 atom stereocenters. The molecule has 128 heavy (non-hydrogen) atoms. The molecule has 0 spiro atoms. The van der Waals surface area contributed by atoms with Gasteiger partial charge in [0.15, 0.2) is 33.9 Å². The molecule has 0 unspecified atom stereocenters. The predicted molar refractivity (Wildman–Crippen MR) is 531 cm³/mol. The molecule has 0 bridgehead atoms. The summed E-state index contributed by atoms with van der Waals surface area (Å²) in [6.45, 7) is 70.7. The van der Waals surface area contributed by atoms with Gasteiger partial charge in [0.25, 0.3) is 0 Å². The molecule has 28 nitrogen and oxygen atoms in total. The molecule has 2 aliphatic rings. The maximum absolute atomic E-state index is 11.1. The number of aromatic amines is 1. The second kappa shape index (κ2) is 60.9. The van der Waals surface area contributed by atoms with Gasteiger partial charge in [-0.05, 0) is 182 Å². The first-order chi connectivity index (χ1) is 61.2. The summed E-state index contributed by atoms with van der Waals surface area (Å²) in [5, 5.41) is 47.2. The van der Waals surface area contributed by atoms with E-state index in [0.717, 1.165) is 56.5 Å². The Balaban J connectivity index is 0.000000705. The molecule has 0 saturated carbocycles. The lowest BCUT2D eigenvalue weighted by atomic mass is 10.0. The smallest absolute Gasteiger partial charge is 0.324 e. The van der Waals surface area contributed by atoms with Gasteiger partial charge in [0.05, 0.1) is 35.9 Å². The lowest BCUT2D eigenvalue weighted by Gasteiger charge is -2.09. The van der Waals surface area contributed by atoms with E-state index in [0.29, 0.717) is 71.7 Å². The fraction of sp³-hybridized carbons (Fsp3) is 0.460. The molecule has 0 aromatic carbocycles. The zero-order valence-corrected chi connectivity index (χ0v) is 82.6. The minimum absolute atomic E-state index is 0. The van der Waals surface area contributed by atoms with Gasteiger partial charge in [-0.15, -0.1) is 25.5 Å². The van der Waals surface area contributed by atoms with Crippen LogP contribution in [0.5, 0.6) is 0 Å². The molecule has 0 fully saturated rings. The summed E-state index contributed by atoms with van der Waals surface area (Å²) >= 11 is 0. The molecule has 0 aliphatic carbocycles. The van der Waals surface area contributed by atoms with E-state index in [1.54, 1.807) is 68.3 Å². The Morgan fingerprint density at radius 3 is 1.43 bits per heavy atom. The maximum atomic E-state index is 11.1. The van der Waals surface area contributed by atoms with Crippen molar-refractivity contribution in [2.24, 2.45) is 0 Å². The largest absolute Gasteiger partial charge is 0.347 e. The molecule has 2 amide bonds. The Morgan fingerprint density at radius 2 is 0.844 bits per heavy atom. The summed E-state index contributed by atoms with van der Waals surface area (Å²) in [6, 6.07) is 32.6. The molecular formula is C100H153N25O3. The van der Waals surface area contributed by atoms with E-state index in [-0.39, 0.29) is 24.9 Å². The van der Waals surface area contributed by atoms with E-state index in [2.05, 4.69) is 283 Å². The second-order valence-electron chi connectivity index (χ2n) is 29.8. The van der Waals surface area contributed by atoms with Crippen LogP contribution >= 0.6 is 0 Å². The average molecular weight is 1750 g/mol. The van der Waals surface area contributed by atoms with Crippen LogP contribution in [0.4, 0.5) is 11.5 Å². The number of anilines is 2. The Labute approximate surface area is 762 Å². The van der Waals surface area contributed by atoms with Crippen LogP contribution < -0.4 is 16.3 Å². The van der Waals surface area contributed by atoms with Crippen molar-refractivity contribution in [1.29, 1.82) is 0 Å². The van der Waals surface area contributed by atoms with Crippen LogP contribution in [0.1, 0.15) is 357 Å². The number of rotatable bonds is 9. The zero-order valence-electron chi connectivity index (χ0n) is 82.6. The van der Waals surface area contributed by atoms with Crippen molar-refractivity contribution >= 4 is 62.7 Å². The van der Waals surface area contributed by atoms with E-state index >= 15 is 0 Å². The van der Waals surface area contributed by atoms with Gasteiger partial charge in [0.2, 0.25) is 11.8 Å². The minimum atomic E-state index is -0.190. The van der Waals surface area contributed by atoms with Crippen molar-refractivity contribution in [2.45, 2.75) is 309 Å². The molecular weight excluding hydrogens is 1600 g/mol. The molecule has 696 valence electrons. The number of nitrogens with one attached hydrogen (secondary N) is 3. The van der Waals surface area contributed by atoms with Crippen LogP contribution in [-0.2, 0) is 22.4 Å². The van der Waals surface area contributed by atoms with Gasteiger partial charge in [-0.25, -0.2) is 47.9 Å². The standard InChI is InChI=1S/2C10H12N2O.C9H11N3O.6C9H11N3.8C2H6.CH4/c1-6(2)8-3-7-4-9(13)12-10(7)11-5-8;1-6(2)7-3-4-11-8-5-9(13)12-10(7)8;1-6(2)7-3-4-12-8(5-7)10-11-9(12)13;1-7(2)8-3-4-12-6-10-11-9(12)5-8;1-7(2)8-3-4-12-9(5-8)10-6-11-12;1-7(2)8-3-4-12-9(5-8)6-10-11-12;1-7(2)8-3-4-9-11-10-6-12(9)5-8;1-7(2)8-3-4-9-10-6-11-12(9)5-8;1-7(2)8-4-3-5-12-9(8)10-6-11-12;8*1-2;/h3,5-6H,4H2,1-2H3,(H,11,12,13);3-4,6H,5H2,1-2H3,(H,12,13);3-6H,1-2H3,(H,11,13);6*3-7H,1-2H3;8*1-2H3;1H4. The summed E-state index contributed by atoms with van der Waals surface area (Å²) < 4.78 is 12.5. The van der Waals surface area contributed by atoms with Crippen LogP contribution in [0.15, 0.2) is 195 Å². The van der Waals surface area contributed by atoms with Crippen LogP contribution in [-0.4, -0.2) is 124 Å². The number of pyridine rings is 9. The first kappa shape index (κ1) is 113.